The summed E-state index contributed by atoms with van der Waals surface area (Å²) in [5.41, 5.74) is 2.32. The second-order valence-electron chi connectivity index (χ2n) is 6.05. The Morgan fingerprint density at radius 1 is 1.15 bits per heavy atom. The molecule has 1 aliphatic rings. The molecule has 0 fully saturated rings. The number of hydrazone groups is 1. The van der Waals surface area contributed by atoms with Crippen molar-refractivity contribution in [1.29, 1.82) is 0 Å². The highest BCUT2D eigenvalue weighted by Crippen LogP contribution is 2.37. The van der Waals surface area contributed by atoms with Crippen LogP contribution in [0.2, 0.25) is 0 Å². The lowest BCUT2D eigenvalue weighted by Gasteiger charge is -2.21. The van der Waals surface area contributed by atoms with Crippen LogP contribution in [0.15, 0.2) is 47.6 Å². The van der Waals surface area contributed by atoms with E-state index in [9.17, 15) is 14.9 Å². The average Bonchev–Trinajstić information content (AvgIpc) is 3.13. The maximum Gasteiger partial charge on any atom is 0.269 e. The Morgan fingerprint density at radius 3 is 2.37 bits per heavy atom. The van der Waals surface area contributed by atoms with E-state index < -0.39 is 4.92 Å². The molecular weight excluding hydrogens is 350 g/mol. The van der Waals surface area contributed by atoms with E-state index in [1.807, 2.05) is 12.1 Å². The van der Waals surface area contributed by atoms with Crippen molar-refractivity contribution in [1.82, 2.24) is 5.01 Å². The zero-order chi connectivity index (χ0) is 19.6. The molecular formula is C19H19N3O5. The molecule has 2 aromatic carbocycles. The fourth-order valence-corrected chi connectivity index (χ4v) is 3.07. The molecule has 1 amide bonds. The minimum absolute atomic E-state index is 0.0113. The van der Waals surface area contributed by atoms with Crippen molar-refractivity contribution in [2.45, 2.75) is 19.4 Å². The number of ether oxygens (including phenoxy) is 2. The van der Waals surface area contributed by atoms with Crippen molar-refractivity contribution >= 4 is 17.3 Å². The van der Waals surface area contributed by atoms with E-state index in [0.29, 0.717) is 23.6 Å². The summed E-state index contributed by atoms with van der Waals surface area (Å²) in [5.74, 6) is 0.985. The Kier molecular flexibility index (Phi) is 5.07. The topological polar surface area (TPSA) is 94.3 Å². The van der Waals surface area contributed by atoms with Crippen LogP contribution in [0.3, 0.4) is 0 Å². The van der Waals surface area contributed by atoms with Gasteiger partial charge < -0.3 is 9.47 Å². The van der Waals surface area contributed by atoms with Crippen LogP contribution >= 0.6 is 0 Å². The number of rotatable bonds is 5. The third-order valence-electron chi connectivity index (χ3n) is 4.44. The summed E-state index contributed by atoms with van der Waals surface area (Å²) >= 11 is 0. The van der Waals surface area contributed by atoms with Crippen molar-refractivity contribution < 1.29 is 19.2 Å². The summed E-state index contributed by atoms with van der Waals surface area (Å²) in [6, 6.07) is 11.4. The maximum absolute atomic E-state index is 12.1. The zero-order valence-electron chi connectivity index (χ0n) is 15.2. The minimum atomic E-state index is -0.450. The molecule has 0 spiro atoms. The van der Waals surface area contributed by atoms with E-state index in [1.165, 1.54) is 24.1 Å². The highest BCUT2D eigenvalue weighted by Gasteiger charge is 2.32. The molecule has 0 bridgehead atoms. The SMILES string of the molecule is COc1ccc([C@H]2CC(c3ccc([N+](=O)[O-])cc3)=NN2C(C)=O)cc1OC. The lowest BCUT2D eigenvalue weighted by molar-refractivity contribution is -0.384. The third kappa shape index (κ3) is 3.59. The number of amides is 1. The van der Waals surface area contributed by atoms with Gasteiger partial charge in [0.1, 0.15) is 0 Å². The maximum atomic E-state index is 12.1. The van der Waals surface area contributed by atoms with Crippen LogP contribution in [0.25, 0.3) is 0 Å². The lowest BCUT2D eigenvalue weighted by atomic mass is 9.98. The van der Waals surface area contributed by atoms with E-state index in [-0.39, 0.29) is 17.6 Å². The first-order chi connectivity index (χ1) is 12.9. The number of nitro benzene ring substituents is 1. The molecule has 0 saturated heterocycles. The van der Waals surface area contributed by atoms with Gasteiger partial charge in [0.15, 0.2) is 11.5 Å². The van der Waals surface area contributed by atoms with Crippen molar-refractivity contribution in [3.05, 3.63) is 63.7 Å². The molecule has 140 valence electrons. The molecule has 0 N–H and O–H groups in total. The van der Waals surface area contributed by atoms with Gasteiger partial charge in [-0.3, -0.25) is 14.9 Å². The number of methoxy groups -OCH3 is 2. The van der Waals surface area contributed by atoms with Gasteiger partial charge in [-0.05, 0) is 35.4 Å². The normalized spacial score (nSPS) is 16.0. The molecule has 8 nitrogen and oxygen atoms in total. The molecule has 0 saturated carbocycles. The Balaban J connectivity index is 1.92. The molecule has 0 unspecified atom stereocenters. The minimum Gasteiger partial charge on any atom is -0.493 e. The molecule has 2 aromatic rings. The highest BCUT2D eigenvalue weighted by atomic mass is 16.6. The number of nitro groups is 1. The number of hydrogen-bond donors (Lipinski definition) is 0. The van der Waals surface area contributed by atoms with Gasteiger partial charge in [-0.25, -0.2) is 5.01 Å². The number of non-ortho nitro benzene ring substituents is 1. The lowest BCUT2D eigenvalue weighted by Crippen LogP contribution is -2.24. The van der Waals surface area contributed by atoms with E-state index in [2.05, 4.69) is 5.10 Å². The van der Waals surface area contributed by atoms with Crippen LogP contribution in [0.5, 0.6) is 11.5 Å². The summed E-state index contributed by atoms with van der Waals surface area (Å²) in [4.78, 5) is 22.5. The molecule has 0 aliphatic carbocycles. The van der Waals surface area contributed by atoms with E-state index >= 15 is 0 Å². The Bertz CT molecular complexity index is 908. The highest BCUT2D eigenvalue weighted by molar-refractivity contribution is 6.03. The van der Waals surface area contributed by atoms with Crippen LogP contribution in [-0.4, -0.2) is 35.8 Å². The number of carbonyl (C=O) groups excluding carboxylic acids is 1. The van der Waals surface area contributed by atoms with Crippen LogP contribution < -0.4 is 9.47 Å². The molecule has 0 aromatic heterocycles. The third-order valence-corrected chi connectivity index (χ3v) is 4.44. The average molecular weight is 369 g/mol. The first-order valence-corrected chi connectivity index (χ1v) is 8.28. The molecule has 3 rings (SSSR count). The van der Waals surface area contributed by atoms with Gasteiger partial charge in [-0.15, -0.1) is 0 Å². The largest absolute Gasteiger partial charge is 0.493 e. The quantitative estimate of drug-likeness (QED) is 0.595. The fourth-order valence-electron chi connectivity index (χ4n) is 3.07. The molecule has 0 radical (unpaired) electrons. The summed E-state index contributed by atoms with van der Waals surface area (Å²) in [6.45, 7) is 1.45. The van der Waals surface area contributed by atoms with Crippen LogP contribution in [0, 0.1) is 10.1 Å². The smallest absolute Gasteiger partial charge is 0.269 e. The molecule has 1 aliphatic heterocycles. The monoisotopic (exact) mass is 369 g/mol. The van der Waals surface area contributed by atoms with E-state index in [0.717, 1.165) is 11.1 Å². The standard InChI is InChI=1S/C19H19N3O5/c1-12(23)21-17(14-6-9-18(26-2)19(10-14)27-3)11-16(20-21)13-4-7-15(8-5-13)22(24)25/h4-10,17H,11H2,1-3H3/t17-/m1/s1. The van der Waals surface area contributed by atoms with Crippen molar-refractivity contribution in [3.63, 3.8) is 0 Å². The number of hydrogen-bond acceptors (Lipinski definition) is 6. The summed E-state index contributed by atoms with van der Waals surface area (Å²) in [6.07, 6.45) is 0.493. The zero-order valence-corrected chi connectivity index (χ0v) is 15.2. The van der Waals surface area contributed by atoms with Crippen LogP contribution in [0.4, 0.5) is 5.69 Å². The first-order valence-electron chi connectivity index (χ1n) is 8.28. The van der Waals surface area contributed by atoms with Gasteiger partial charge in [0.05, 0.1) is 30.9 Å². The van der Waals surface area contributed by atoms with Crippen LogP contribution in [0.1, 0.15) is 30.5 Å². The van der Waals surface area contributed by atoms with E-state index in [1.54, 1.807) is 32.4 Å². The second kappa shape index (κ2) is 7.45. The first kappa shape index (κ1) is 18.4. The summed E-state index contributed by atoms with van der Waals surface area (Å²) in [7, 11) is 3.11. The van der Waals surface area contributed by atoms with E-state index in [4.69, 9.17) is 9.47 Å². The number of benzene rings is 2. The Hall–Kier alpha value is -3.42. The molecule has 1 atom stereocenters. The second-order valence-corrected chi connectivity index (χ2v) is 6.05. The van der Waals surface area contributed by atoms with Crippen LogP contribution in [-0.2, 0) is 4.79 Å². The molecule has 27 heavy (non-hydrogen) atoms. The molecule has 8 heteroatoms. The van der Waals surface area contributed by atoms with Crippen molar-refractivity contribution in [2.24, 2.45) is 5.10 Å². The fraction of sp³-hybridized carbons (Fsp3) is 0.263. The van der Waals surface area contributed by atoms with Gasteiger partial charge in [0.25, 0.3) is 5.69 Å². The van der Waals surface area contributed by atoms with Gasteiger partial charge in [0, 0.05) is 25.5 Å². The molecule has 1 heterocycles. The van der Waals surface area contributed by atoms with Gasteiger partial charge in [-0.1, -0.05) is 6.07 Å². The van der Waals surface area contributed by atoms with Gasteiger partial charge >= 0.3 is 0 Å². The Labute approximate surface area is 156 Å². The Morgan fingerprint density at radius 2 is 1.81 bits per heavy atom. The predicted octanol–water partition coefficient (Wildman–Crippen LogP) is 3.31. The summed E-state index contributed by atoms with van der Waals surface area (Å²) < 4.78 is 10.6. The van der Waals surface area contributed by atoms with Crippen molar-refractivity contribution in [3.8, 4) is 11.5 Å². The predicted molar refractivity (Wildman–Crippen MR) is 99.1 cm³/mol. The van der Waals surface area contributed by atoms with Crippen molar-refractivity contribution in [2.75, 3.05) is 14.2 Å². The number of carbonyl (C=O) groups is 1. The summed E-state index contributed by atoms with van der Waals surface area (Å²) in [5, 5.41) is 16.7. The number of nitrogens with zero attached hydrogens (tertiary/aromatic N) is 3. The van der Waals surface area contributed by atoms with Gasteiger partial charge in [0.2, 0.25) is 5.91 Å². The van der Waals surface area contributed by atoms with Gasteiger partial charge in [-0.2, -0.15) is 5.10 Å².